The molecular weight excluding hydrogens is 243 g/mol. The molecule has 1 saturated carbocycles. The first-order valence-corrected chi connectivity index (χ1v) is 7.11. The van der Waals surface area contributed by atoms with E-state index in [-0.39, 0.29) is 5.82 Å². The van der Waals surface area contributed by atoms with Crippen LogP contribution in [-0.2, 0) is 0 Å². The molecule has 2 atom stereocenters. The largest absolute Gasteiger partial charge is 0.397 e. The first-order valence-electron chi connectivity index (χ1n) is 7.11. The van der Waals surface area contributed by atoms with Gasteiger partial charge in [-0.1, -0.05) is 12.8 Å². The number of piperidine rings is 1. The maximum absolute atomic E-state index is 13.1. The van der Waals surface area contributed by atoms with E-state index in [1.165, 1.54) is 18.6 Å². The molecule has 0 spiro atoms. The fourth-order valence-corrected chi connectivity index (χ4v) is 3.60. The molecule has 3 nitrogen and oxygen atoms in total. The third-order valence-electron chi connectivity index (χ3n) is 4.76. The number of aliphatic hydroxyl groups is 1. The highest BCUT2D eigenvalue weighted by Gasteiger charge is 2.42. The molecule has 1 aliphatic heterocycles. The minimum atomic E-state index is -0.483. The summed E-state index contributed by atoms with van der Waals surface area (Å²) in [4.78, 5) is 2.19. The van der Waals surface area contributed by atoms with Crippen molar-refractivity contribution in [3.8, 4) is 0 Å². The van der Waals surface area contributed by atoms with Crippen molar-refractivity contribution < 1.29 is 9.50 Å². The minimum Gasteiger partial charge on any atom is -0.397 e. The SMILES string of the molecule is Nc1cc(F)ccc1N1CCC2(O)CCCCC2C1. The molecular formula is C15H21FN2O. The average molecular weight is 264 g/mol. The van der Waals surface area contributed by atoms with Crippen LogP contribution in [0.4, 0.5) is 15.8 Å². The number of halogens is 1. The molecule has 2 aliphatic rings. The van der Waals surface area contributed by atoms with Gasteiger partial charge in [0.2, 0.25) is 0 Å². The van der Waals surface area contributed by atoms with Crippen LogP contribution in [0.25, 0.3) is 0 Å². The van der Waals surface area contributed by atoms with E-state index in [9.17, 15) is 9.50 Å². The predicted octanol–water partition coefficient (Wildman–Crippen LogP) is 2.54. The van der Waals surface area contributed by atoms with Gasteiger partial charge in [-0.25, -0.2) is 4.39 Å². The van der Waals surface area contributed by atoms with Crippen LogP contribution in [-0.4, -0.2) is 23.8 Å². The van der Waals surface area contributed by atoms with E-state index in [1.807, 2.05) is 0 Å². The minimum absolute atomic E-state index is 0.299. The third kappa shape index (κ3) is 2.29. The van der Waals surface area contributed by atoms with Crippen LogP contribution < -0.4 is 10.6 Å². The van der Waals surface area contributed by atoms with Gasteiger partial charge in [-0.05, 0) is 37.5 Å². The molecule has 0 amide bonds. The highest BCUT2D eigenvalue weighted by molar-refractivity contribution is 5.67. The quantitative estimate of drug-likeness (QED) is 0.766. The molecule has 0 bridgehead atoms. The third-order valence-corrected chi connectivity index (χ3v) is 4.76. The Labute approximate surface area is 113 Å². The second-order valence-corrected chi connectivity index (χ2v) is 5.95. The molecule has 1 saturated heterocycles. The van der Waals surface area contributed by atoms with Crippen molar-refractivity contribution >= 4 is 11.4 Å². The Morgan fingerprint density at radius 3 is 2.95 bits per heavy atom. The number of benzene rings is 1. The summed E-state index contributed by atoms with van der Waals surface area (Å²) >= 11 is 0. The Kier molecular flexibility index (Phi) is 3.13. The molecule has 2 fully saturated rings. The molecule has 1 aliphatic carbocycles. The van der Waals surface area contributed by atoms with Crippen molar-refractivity contribution in [1.82, 2.24) is 0 Å². The van der Waals surface area contributed by atoms with E-state index < -0.39 is 5.60 Å². The predicted molar refractivity (Wildman–Crippen MR) is 74.6 cm³/mol. The van der Waals surface area contributed by atoms with E-state index >= 15 is 0 Å². The van der Waals surface area contributed by atoms with Crippen LogP contribution in [0.5, 0.6) is 0 Å². The maximum Gasteiger partial charge on any atom is 0.125 e. The summed E-state index contributed by atoms with van der Waals surface area (Å²) < 4.78 is 13.1. The van der Waals surface area contributed by atoms with Gasteiger partial charge in [0.1, 0.15) is 5.82 Å². The van der Waals surface area contributed by atoms with Crippen LogP contribution in [0, 0.1) is 11.7 Å². The Morgan fingerprint density at radius 2 is 2.16 bits per heavy atom. The number of nitrogen functional groups attached to an aromatic ring is 1. The number of nitrogens with two attached hydrogens (primary N) is 1. The molecule has 0 radical (unpaired) electrons. The zero-order valence-corrected chi connectivity index (χ0v) is 11.1. The van der Waals surface area contributed by atoms with Crippen LogP contribution in [0.2, 0.25) is 0 Å². The van der Waals surface area contributed by atoms with Crippen molar-refractivity contribution in [3.05, 3.63) is 24.0 Å². The Balaban J connectivity index is 1.80. The van der Waals surface area contributed by atoms with Crippen LogP contribution >= 0.6 is 0 Å². The monoisotopic (exact) mass is 264 g/mol. The topological polar surface area (TPSA) is 49.5 Å². The summed E-state index contributed by atoms with van der Waals surface area (Å²) in [5.41, 5.74) is 6.81. The molecule has 104 valence electrons. The number of fused-ring (bicyclic) bond motifs is 1. The van der Waals surface area contributed by atoms with Crippen LogP contribution in [0.15, 0.2) is 18.2 Å². The molecule has 1 heterocycles. The second-order valence-electron chi connectivity index (χ2n) is 5.95. The first kappa shape index (κ1) is 12.7. The number of hydrogen-bond acceptors (Lipinski definition) is 3. The normalized spacial score (nSPS) is 31.1. The lowest BCUT2D eigenvalue weighted by molar-refractivity contribution is -0.0612. The molecule has 4 heteroatoms. The van der Waals surface area contributed by atoms with Gasteiger partial charge in [0.05, 0.1) is 17.0 Å². The van der Waals surface area contributed by atoms with Gasteiger partial charge in [-0.3, -0.25) is 0 Å². The summed E-state index contributed by atoms with van der Waals surface area (Å²) in [6, 6.07) is 4.57. The Bertz CT molecular complexity index is 479. The van der Waals surface area contributed by atoms with Gasteiger partial charge in [-0.2, -0.15) is 0 Å². The van der Waals surface area contributed by atoms with Crippen LogP contribution in [0.3, 0.4) is 0 Å². The first-order chi connectivity index (χ1) is 9.08. The van der Waals surface area contributed by atoms with Crippen molar-refractivity contribution in [2.45, 2.75) is 37.7 Å². The van der Waals surface area contributed by atoms with E-state index in [4.69, 9.17) is 5.73 Å². The lowest BCUT2D eigenvalue weighted by Gasteiger charge is -2.48. The number of anilines is 2. The summed E-state index contributed by atoms with van der Waals surface area (Å²) in [7, 11) is 0. The number of rotatable bonds is 1. The highest BCUT2D eigenvalue weighted by Crippen LogP contribution is 2.41. The molecule has 3 rings (SSSR count). The van der Waals surface area contributed by atoms with Crippen molar-refractivity contribution in [2.24, 2.45) is 5.92 Å². The Morgan fingerprint density at radius 1 is 1.32 bits per heavy atom. The van der Waals surface area contributed by atoms with Crippen molar-refractivity contribution in [3.63, 3.8) is 0 Å². The lowest BCUT2D eigenvalue weighted by Crippen LogP contribution is -2.53. The van der Waals surface area contributed by atoms with Gasteiger partial charge in [0.15, 0.2) is 0 Å². The number of nitrogens with zero attached hydrogens (tertiary/aromatic N) is 1. The zero-order valence-electron chi connectivity index (χ0n) is 11.1. The van der Waals surface area contributed by atoms with E-state index in [1.54, 1.807) is 6.07 Å². The van der Waals surface area contributed by atoms with E-state index in [0.717, 1.165) is 44.5 Å². The smallest absolute Gasteiger partial charge is 0.125 e. The molecule has 0 aromatic heterocycles. The Hall–Kier alpha value is -1.29. The standard InChI is InChI=1S/C15H21FN2O/c16-12-4-5-14(13(17)9-12)18-8-7-15(19)6-2-1-3-11(15)10-18/h4-5,9,11,19H,1-3,6-8,10,17H2. The summed E-state index contributed by atoms with van der Waals surface area (Å²) in [6.07, 6.45) is 5.11. The van der Waals surface area contributed by atoms with E-state index in [2.05, 4.69) is 4.90 Å². The molecule has 2 unspecified atom stereocenters. The van der Waals surface area contributed by atoms with Gasteiger partial charge in [0, 0.05) is 19.0 Å². The molecule has 19 heavy (non-hydrogen) atoms. The van der Waals surface area contributed by atoms with Gasteiger partial charge >= 0.3 is 0 Å². The fourth-order valence-electron chi connectivity index (χ4n) is 3.60. The average Bonchev–Trinajstić information content (AvgIpc) is 2.38. The van der Waals surface area contributed by atoms with Gasteiger partial charge < -0.3 is 15.7 Å². The lowest BCUT2D eigenvalue weighted by atomic mass is 9.71. The second kappa shape index (κ2) is 4.67. The van der Waals surface area contributed by atoms with E-state index in [0.29, 0.717) is 11.6 Å². The summed E-state index contributed by atoms with van der Waals surface area (Å²) in [5, 5.41) is 10.7. The fraction of sp³-hybridized carbons (Fsp3) is 0.600. The van der Waals surface area contributed by atoms with Gasteiger partial charge in [-0.15, -0.1) is 0 Å². The molecule has 3 N–H and O–H groups in total. The van der Waals surface area contributed by atoms with Gasteiger partial charge in [0.25, 0.3) is 0 Å². The highest BCUT2D eigenvalue weighted by atomic mass is 19.1. The molecule has 1 aromatic carbocycles. The van der Waals surface area contributed by atoms with Crippen molar-refractivity contribution in [2.75, 3.05) is 23.7 Å². The molecule has 1 aromatic rings. The summed E-state index contributed by atoms with van der Waals surface area (Å²) in [5.74, 6) is 0.0203. The zero-order chi connectivity index (χ0) is 13.5. The number of hydrogen-bond donors (Lipinski definition) is 2. The van der Waals surface area contributed by atoms with Crippen molar-refractivity contribution in [1.29, 1.82) is 0 Å². The van der Waals surface area contributed by atoms with Crippen LogP contribution in [0.1, 0.15) is 32.1 Å². The maximum atomic E-state index is 13.1. The summed E-state index contributed by atoms with van der Waals surface area (Å²) in [6.45, 7) is 1.62.